The molecular weight excluding hydrogens is 244 g/mol. The summed E-state index contributed by atoms with van der Waals surface area (Å²) in [6.45, 7) is 9.54. The summed E-state index contributed by atoms with van der Waals surface area (Å²) in [7, 11) is 2.10. The lowest BCUT2D eigenvalue weighted by atomic mass is 9.87. The summed E-state index contributed by atoms with van der Waals surface area (Å²) in [4.78, 5) is 2.26. The molecule has 18 heavy (non-hydrogen) atoms. The number of hydrogen-bond donors (Lipinski definition) is 1. The average Bonchev–Trinajstić information content (AvgIpc) is 2.27. The van der Waals surface area contributed by atoms with Gasteiger partial charge >= 0.3 is 0 Å². The van der Waals surface area contributed by atoms with Gasteiger partial charge in [-0.25, -0.2) is 0 Å². The van der Waals surface area contributed by atoms with Crippen molar-refractivity contribution in [3.63, 3.8) is 0 Å². The van der Waals surface area contributed by atoms with Gasteiger partial charge < -0.3 is 5.73 Å². The topological polar surface area (TPSA) is 29.3 Å². The van der Waals surface area contributed by atoms with Crippen molar-refractivity contribution in [2.45, 2.75) is 39.8 Å². The quantitative estimate of drug-likeness (QED) is 0.902. The monoisotopic (exact) mass is 268 g/mol. The predicted octanol–water partition coefficient (Wildman–Crippen LogP) is 3.71. The number of benzene rings is 1. The molecule has 1 rings (SSSR count). The van der Waals surface area contributed by atoms with Crippen molar-refractivity contribution in [3.8, 4) is 0 Å². The molecule has 0 aliphatic rings. The lowest BCUT2D eigenvalue weighted by Gasteiger charge is -2.34. The maximum atomic E-state index is 6.23. The van der Waals surface area contributed by atoms with Gasteiger partial charge in [0, 0.05) is 23.7 Å². The molecule has 1 unspecified atom stereocenters. The highest BCUT2D eigenvalue weighted by molar-refractivity contribution is 6.31. The summed E-state index contributed by atoms with van der Waals surface area (Å²) in [5.41, 5.74) is 7.51. The van der Waals surface area contributed by atoms with Crippen molar-refractivity contribution in [1.82, 2.24) is 4.90 Å². The lowest BCUT2D eigenvalue weighted by Crippen LogP contribution is -2.44. The fraction of sp³-hybridized carbons (Fsp3) is 0.600. The second-order valence-corrected chi connectivity index (χ2v) is 6.52. The van der Waals surface area contributed by atoms with Crippen LogP contribution in [-0.4, -0.2) is 24.5 Å². The van der Waals surface area contributed by atoms with Crippen LogP contribution in [0.2, 0.25) is 5.02 Å². The van der Waals surface area contributed by atoms with E-state index in [9.17, 15) is 0 Å². The van der Waals surface area contributed by atoms with Crippen molar-refractivity contribution >= 4 is 11.6 Å². The number of likely N-dealkylation sites (N-methyl/N-ethyl adjacent to an activating group) is 1. The third-order valence-electron chi connectivity index (χ3n) is 3.61. The molecule has 1 aromatic carbocycles. The first-order chi connectivity index (χ1) is 8.23. The summed E-state index contributed by atoms with van der Waals surface area (Å²) < 4.78 is 0. The minimum atomic E-state index is 0.120. The average molecular weight is 269 g/mol. The summed E-state index contributed by atoms with van der Waals surface area (Å²) in [5, 5.41) is 0.821. The second kappa shape index (κ2) is 6.05. The lowest BCUT2D eigenvalue weighted by molar-refractivity contribution is 0.191. The zero-order chi connectivity index (χ0) is 13.9. The van der Waals surface area contributed by atoms with Gasteiger partial charge in [-0.1, -0.05) is 50.6 Å². The van der Waals surface area contributed by atoms with Gasteiger partial charge in [-0.15, -0.1) is 0 Å². The Bertz CT molecular complexity index is 384. The van der Waals surface area contributed by atoms with Crippen LogP contribution in [0.4, 0.5) is 0 Å². The van der Waals surface area contributed by atoms with Gasteiger partial charge in [-0.3, -0.25) is 4.90 Å². The van der Waals surface area contributed by atoms with E-state index < -0.39 is 0 Å². The third kappa shape index (κ3) is 3.98. The molecule has 2 atom stereocenters. The molecular formula is C15H25ClN2. The van der Waals surface area contributed by atoms with Gasteiger partial charge in [0.2, 0.25) is 0 Å². The van der Waals surface area contributed by atoms with E-state index in [1.54, 1.807) is 0 Å². The molecule has 0 fully saturated rings. The molecule has 0 aliphatic carbocycles. The van der Waals surface area contributed by atoms with Crippen LogP contribution in [-0.2, 0) is 0 Å². The first-order valence-electron chi connectivity index (χ1n) is 6.43. The Morgan fingerprint density at radius 2 is 1.83 bits per heavy atom. The van der Waals surface area contributed by atoms with Crippen LogP contribution in [0, 0.1) is 5.41 Å². The Morgan fingerprint density at radius 1 is 1.28 bits per heavy atom. The largest absolute Gasteiger partial charge is 0.326 e. The Morgan fingerprint density at radius 3 is 2.33 bits per heavy atom. The van der Waals surface area contributed by atoms with E-state index in [2.05, 4.69) is 45.7 Å². The van der Waals surface area contributed by atoms with E-state index >= 15 is 0 Å². The van der Waals surface area contributed by atoms with Crippen LogP contribution in [0.25, 0.3) is 0 Å². The molecule has 0 heterocycles. The van der Waals surface area contributed by atoms with E-state index in [1.165, 1.54) is 0 Å². The third-order valence-corrected chi connectivity index (χ3v) is 3.96. The van der Waals surface area contributed by atoms with Crippen molar-refractivity contribution in [1.29, 1.82) is 0 Å². The summed E-state index contributed by atoms with van der Waals surface area (Å²) in [6, 6.07) is 8.41. The van der Waals surface area contributed by atoms with Crippen LogP contribution in [0.5, 0.6) is 0 Å². The highest BCUT2D eigenvalue weighted by Gasteiger charge is 2.24. The van der Waals surface area contributed by atoms with Crippen molar-refractivity contribution in [3.05, 3.63) is 34.9 Å². The minimum Gasteiger partial charge on any atom is -0.326 e. The summed E-state index contributed by atoms with van der Waals surface area (Å²) in [5.74, 6) is 0. The van der Waals surface area contributed by atoms with Gasteiger partial charge in [0.25, 0.3) is 0 Å². The molecule has 0 saturated heterocycles. The molecule has 0 aliphatic heterocycles. The maximum absolute atomic E-state index is 6.23. The Labute approximate surface area is 116 Å². The Balaban J connectivity index is 2.73. The molecule has 0 saturated carbocycles. The number of halogens is 1. The van der Waals surface area contributed by atoms with Gasteiger partial charge in [-0.05, 0) is 31.0 Å². The van der Waals surface area contributed by atoms with Crippen LogP contribution >= 0.6 is 11.6 Å². The Hall–Kier alpha value is -0.570. The van der Waals surface area contributed by atoms with Crippen LogP contribution in [0.3, 0.4) is 0 Å². The van der Waals surface area contributed by atoms with E-state index in [0.717, 1.165) is 17.1 Å². The molecule has 0 spiro atoms. The molecule has 2 nitrogen and oxygen atoms in total. The zero-order valence-electron chi connectivity index (χ0n) is 12.1. The highest BCUT2D eigenvalue weighted by atomic mass is 35.5. The van der Waals surface area contributed by atoms with Crippen molar-refractivity contribution in [2.24, 2.45) is 11.1 Å². The van der Waals surface area contributed by atoms with Gasteiger partial charge in [0.15, 0.2) is 0 Å². The zero-order valence-corrected chi connectivity index (χ0v) is 12.8. The molecule has 0 amide bonds. The number of rotatable bonds is 4. The maximum Gasteiger partial charge on any atom is 0.0453 e. The molecule has 3 heteroatoms. The number of hydrogen-bond acceptors (Lipinski definition) is 2. The molecule has 0 bridgehead atoms. The van der Waals surface area contributed by atoms with Crippen LogP contribution < -0.4 is 5.73 Å². The second-order valence-electron chi connectivity index (χ2n) is 6.11. The van der Waals surface area contributed by atoms with Crippen LogP contribution in [0.1, 0.15) is 39.3 Å². The molecule has 0 aromatic heterocycles. The van der Waals surface area contributed by atoms with E-state index in [-0.39, 0.29) is 17.5 Å². The number of nitrogens with zero attached hydrogens (tertiary/aromatic N) is 1. The van der Waals surface area contributed by atoms with E-state index in [0.29, 0.717) is 0 Å². The van der Waals surface area contributed by atoms with Crippen molar-refractivity contribution in [2.75, 3.05) is 13.6 Å². The SMILES string of the molecule is CC(c1ccccc1Cl)N(C)C[C@@H](N)C(C)(C)C. The summed E-state index contributed by atoms with van der Waals surface area (Å²) in [6.07, 6.45) is 0. The first kappa shape index (κ1) is 15.5. The molecule has 0 radical (unpaired) electrons. The van der Waals surface area contributed by atoms with E-state index in [1.807, 2.05) is 18.2 Å². The van der Waals surface area contributed by atoms with Gasteiger partial charge in [0.05, 0.1) is 0 Å². The normalized spacial score (nSPS) is 15.8. The van der Waals surface area contributed by atoms with E-state index in [4.69, 9.17) is 17.3 Å². The highest BCUT2D eigenvalue weighted by Crippen LogP contribution is 2.27. The van der Waals surface area contributed by atoms with Crippen LogP contribution in [0.15, 0.2) is 24.3 Å². The van der Waals surface area contributed by atoms with Gasteiger partial charge in [-0.2, -0.15) is 0 Å². The first-order valence-corrected chi connectivity index (χ1v) is 6.81. The minimum absolute atomic E-state index is 0.120. The fourth-order valence-electron chi connectivity index (χ4n) is 1.79. The van der Waals surface area contributed by atoms with Crippen molar-refractivity contribution < 1.29 is 0 Å². The fourth-order valence-corrected chi connectivity index (χ4v) is 2.09. The summed E-state index contributed by atoms with van der Waals surface area (Å²) >= 11 is 6.23. The number of nitrogens with two attached hydrogens (primary N) is 1. The Kier molecular flexibility index (Phi) is 5.20. The molecule has 1 aromatic rings. The standard InChI is InChI=1S/C15H25ClN2/c1-11(12-8-6-7-9-13(12)16)18(5)10-14(17)15(2,3)4/h6-9,11,14H,10,17H2,1-5H3/t11?,14-/m1/s1. The smallest absolute Gasteiger partial charge is 0.0453 e. The van der Waals surface area contributed by atoms with Gasteiger partial charge in [0.1, 0.15) is 0 Å². The molecule has 2 N–H and O–H groups in total. The molecule has 102 valence electrons. The predicted molar refractivity (Wildman–Crippen MR) is 79.9 cm³/mol.